The highest BCUT2D eigenvalue weighted by molar-refractivity contribution is 5.75. The lowest BCUT2D eigenvalue weighted by atomic mass is 10.4. The van der Waals surface area contributed by atoms with Crippen molar-refractivity contribution in [3.05, 3.63) is 0 Å². The SMILES string of the molecule is CCC(=O)N(CC)N1CCOCC1. The monoisotopic (exact) mass is 186 g/mol. The van der Waals surface area contributed by atoms with Crippen LogP contribution >= 0.6 is 0 Å². The summed E-state index contributed by atoms with van der Waals surface area (Å²) in [6, 6.07) is 0. The van der Waals surface area contributed by atoms with Crippen molar-refractivity contribution in [2.75, 3.05) is 32.8 Å². The molecule has 0 saturated carbocycles. The van der Waals surface area contributed by atoms with Crippen LogP contribution in [0.5, 0.6) is 0 Å². The molecule has 0 aromatic heterocycles. The molecule has 0 N–H and O–H groups in total. The van der Waals surface area contributed by atoms with E-state index in [0.717, 1.165) is 32.8 Å². The molecule has 0 spiro atoms. The van der Waals surface area contributed by atoms with Gasteiger partial charge >= 0.3 is 0 Å². The number of hydrogen-bond acceptors (Lipinski definition) is 3. The van der Waals surface area contributed by atoms with Crippen molar-refractivity contribution in [2.45, 2.75) is 20.3 Å². The first-order valence-electron chi connectivity index (χ1n) is 4.92. The lowest BCUT2D eigenvalue weighted by molar-refractivity contribution is -0.155. The average molecular weight is 186 g/mol. The predicted molar refractivity (Wildman–Crippen MR) is 50.1 cm³/mol. The summed E-state index contributed by atoms with van der Waals surface area (Å²) in [7, 11) is 0. The van der Waals surface area contributed by atoms with E-state index >= 15 is 0 Å². The third kappa shape index (κ3) is 2.67. The minimum Gasteiger partial charge on any atom is -0.379 e. The van der Waals surface area contributed by atoms with Gasteiger partial charge in [-0.25, -0.2) is 5.01 Å². The van der Waals surface area contributed by atoms with Crippen molar-refractivity contribution in [2.24, 2.45) is 0 Å². The molecule has 0 bridgehead atoms. The van der Waals surface area contributed by atoms with E-state index in [9.17, 15) is 4.79 Å². The standard InChI is InChI=1S/C9H18N2O2/c1-3-9(12)11(4-2)10-5-7-13-8-6-10/h3-8H2,1-2H3. The molecule has 1 aliphatic rings. The van der Waals surface area contributed by atoms with Gasteiger partial charge in [-0.3, -0.25) is 9.80 Å². The minimum atomic E-state index is 0.199. The number of hydrogen-bond donors (Lipinski definition) is 0. The third-order valence-corrected chi connectivity index (χ3v) is 2.22. The first-order chi connectivity index (χ1) is 6.29. The fourth-order valence-corrected chi connectivity index (χ4v) is 1.51. The van der Waals surface area contributed by atoms with Gasteiger partial charge in [0.2, 0.25) is 5.91 Å². The van der Waals surface area contributed by atoms with Crippen LogP contribution in [-0.2, 0) is 9.53 Å². The zero-order chi connectivity index (χ0) is 9.68. The van der Waals surface area contributed by atoms with Crippen LogP contribution in [0.15, 0.2) is 0 Å². The first kappa shape index (κ1) is 10.5. The summed E-state index contributed by atoms with van der Waals surface area (Å²) in [5.41, 5.74) is 0. The topological polar surface area (TPSA) is 32.8 Å². The maximum Gasteiger partial charge on any atom is 0.236 e. The summed E-state index contributed by atoms with van der Waals surface area (Å²) >= 11 is 0. The molecular weight excluding hydrogens is 168 g/mol. The first-order valence-corrected chi connectivity index (χ1v) is 4.92. The Morgan fingerprint density at radius 1 is 1.38 bits per heavy atom. The molecular formula is C9H18N2O2. The Hall–Kier alpha value is -0.610. The quantitative estimate of drug-likeness (QED) is 0.643. The summed E-state index contributed by atoms with van der Waals surface area (Å²) < 4.78 is 5.23. The van der Waals surface area contributed by atoms with E-state index in [1.165, 1.54) is 0 Å². The van der Waals surface area contributed by atoms with Crippen molar-refractivity contribution in [1.29, 1.82) is 0 Å². The molecule has 0 aromatic rings. The third-order valence-electron chi connectivity index (χ3n) is 2.22. The van der Waals surface area contributed by atoms with Gasteiger partial charge in [0, 0.05) is 26.1 Å². The molecule has 1 amide bonds. The van der Waals surface area contributed by atoms with E-state index in [1.807, 2.05) is 18.9 Å². The lowest BCUT2D eigenvalue weighted by Gasteiger charge is -2.36. The number of nitrogens with zero attached hydrogens (tertiary/aromatic N) is 2. The minimum absolute atomic E-state index is 0.199. The summed E-state index contributed by atoms with van der Waals surface area (Å²) in [5, 5.41) is 3.90. The number of hydrazine groups is 1. The summed E-state index contributed by atoms with van der Waals surface area (Å²) in [6.45, 7) is 7.78. The Bertz CT molecular complexity index is 167. The van der Waals surface area contributed by atoms with Gasteiger partial charge in [0.1, 0.15) is 0 Å². The molecule has 1 saturated heterocycles. The zero-order valence-electron chi connectivity index (χ0n) is 8.45. The normalized spacial score (nSPS) is 18.6. The van der Waals surface area contributed by atoms with E-state index in [-0.39, 0.29) is 5.91 Å². The van der Waals surface area contributed by atoms with Crippen LogP contribution in [0.4, 0.5) is 0 Å². The van der Waals surface area contributed by atoms with Crippen LogP contribution in [0.1, 0.15) is 20.3 Å². The van der Waals surface area contributed by atoms with Crippen molar-refractivity contribution < 1.29 is 9.53 Å². The predicted octanol–water partition coefficient (Wildman–Crippen LogP) is 0.492. The van der Waals surface area contributed by atoms with Crippen molar-refractivity contribution >= 4 is 5.91 Å². The van der Waals surface area contributed by atoms with Gasteiger partial charge in [-0.15, -0.1) is 0 Å². The Kier molecular flexibility index (Phi) is 4.18. The molecule has 4 heteroatoms. The van der Waals surface area contributed by atoms with E-state index < -0.39 is 0 Å². The summed E-state index contributed by atoms with van der Waals surface area (Å²) in [6.07, 6.45) is 0.575. The second-order valence-electron chi connectivity index (χ2n) is 3.03. The Balaban J connectivity index is 2.48. The van der Waals surface area contributed by atoms with Gasteiger partial charge in [0.05, 0.1) is 13.2 Å². The molecule has 1 fully saturated rings. The Labute approximate surface area is 79.4 Å². The van der Waals surface area contributed by atoms with Gasteiger partial charge in [0.25, 0.3) is 0 Å². The zero-order valence-corrected chi connectivity index (χ0v) is 8.45. The van der Waals surface area contributed by atoms with Crippen LogP contribution in [-0.4, -0.2) is 48.8 Å². The fraction of sp³-hybridized carbons (Fsp3) is 0.889. The smallest absolute Gasteiger partial charge is 0.236 e. The van der Waals surface area contributed by atoms with Gasteiger partial charge in [0.15, 0.2) is 0 Å². The molecule has 0 aromatic carbocycles. The fourth-order valence-electron chi connectivity index (χ4n) is 1.51. The van der Waals surface area contributed by atoms with Crippen LogP contribution < -0.4 is 0 Å². The number of carbonyl (C=O) groups is 1. The van der Waals surface area contributed by atoms with Gasteiger partial charge in [-0.1, -0.05) is 6.92 Å². The van der Waals surface area contributed by atoms with Crippen molar-refractivity contribution in [3.8, 4) is 0 Å². The van der Waals surface area contributed by atoms with E-state index in [1.54, 1.807) is 0 Å². The van der Waals surface area contributed by atoms with Crippen LogP contribution in [0.25, 0.3) is 0 Å². The highest BCUT2D eigenvalue weighted by atomic mass is 16.5. The molecule has 1 aliphatic heterocycles. The molecule has 0 aliphatic carbocycles. The number of morpholine rings is 1. The number of amides is 1. The maximum atomic E-state index is 11.5. The second kappa shape index (κ2) is 5.19. The molecule has 1 rings (SSSR count). The maximum absolute atomic E-state index is 11.5. The molecule has 76 valence electrons. The molecule has 1 heterocycles. The molecule has 0 unspecified atom stereocenters. The number of carbonyl (C=O) groups excluding carboxylic acids is 1. The summed E-state index contributed by atoms with van der Waals surface area (Å²) in [5.74, 6) is 0.199. The highest BCUT2D eigenvalue weighted by Crippen LogP contribution is 2.04. The lowest BCUT2D eigenvalue weighted by Crippen LogP contribution is -2.51. The van der Waals surface area contributed by atoms with Crippen molar-refractivity contribution in [3.63, 3.8) is 0 Å². The van der Waals surface area contributed by atoms with Crippen LogP contribution in [0, 0.1) is 0 Å². The highest BCUT2D eigenvalue weighted by Gasteiger charge is 2.20. The molecule has 4 nitrogen and oxygen atoms in total. The van der Waals surface area contributed by atoms with Crippen molar-refractivity contribution in [1.82, 2.24) is 10.0 Å². The van der Waals surface area contributed by atoms with E-state index in [0.29, 0.717) is 6.42 Å². The van der Waals surface area contributed by atoms with Crippen LogP contribution in [0.2, 0.25) is 0 Å². The number of ether oxygens (including phenoxy) is 1. The average Bonchev–Trinajstić information content (AvgIpc) is 2.20. The van der Waals surface area contributed by atoms with Gasteiger partial charge in [-0.2, -0.15) is 0 Å². The molecule has 0 radical (unpaired) electrons. The van der Waals surface area contributed by atoms with E-state index in [4.69, 9.17) is 4.74 Å². The van der Waals surface area contributed by atoms with Gasteiger partial charge in [-0.05, 0) is 6.92 Å². The Morgan fingerprint density at radius 2 is 2.00 bits per heavy atom. The number of rotatable bonds is 3. The van der Waals surface area contributed by atoms with Gasteiger partial charge < -0.3 is 4.74 Å². The summed E-state index contributed by atoms with van der Waals surface area (Å²) in [4.78, 5) is 11.5. The van der Waals surface area contributed by atoms with Crippen LogP contribution in [0.3, 0.4) is 0 Å². The Morgan fingerprint density at radius 3 is 2.46 bits per heavy atom. The molecule has 0 atom stereocenters. The second-order valence-corrected chi connectivity index (χ2v) is 3.03. The molecule has 13 heavy (non-hydrogen) atoms. The van der Waals surface area contributed by atoms with E-state index in [2.05, 4.69) is 5.01 Å². The largest absolute Gasteiger partial charge is 0.379 e.